The number of aliphatic carboxylic acids is 1. The number of carbonyl (C=O) groups is 1. The molecule has 1 aromatic rings. The third-order valence-electron chi connectivity index (χ3n) is 1.84. The lowest BCUT2D eigenvalue weighted by atomic mass is 10.2. The summed E-state index contributed by atoms with van der Waals surface area (Å²) in [6, 6.07) is 5.20. The molecule has 1 aromatic carbocycles. The van der Waals surface area contributed by atoms with Crippen LogP contribution in [0.15, 0.2) is 27.8 Å². The minimum Gasteiger partial charge on any atom is -0.481 e. The number of carboxylic acid groups (broad SMARTS) is 1. The van der Waals surface area contributed by atoms with Crippen LogP contribution in [-0.4, -0.2) is 29.5 Å². The summed E-state index contributed by atoms with van der Waals surface area (Å²) in [7, 11) is 0. The van der Waals surface area contributed by atoms with Gasteiger partial charge < -0.3 is 14.7 Å². The molecule has 0 bridgehead atoms. The summed E-state index contributed by atoms with van der Waals surface area (Å²) in [4.78, 5) is 15.6. The van der Waals surface area contributed by atoms with E-state index in [0.717, 1.165) is 5.56 Å². The highest BCUT2D eigenvalue weighted by Crippen LogP contribution is 2.25. The Morgan fingerprint density at radius 2 is 2.16 bits per heavy atom. The zero-order valence-electron chi connectivity index (χ0n) is 11.0. The first-order valence-electron chi connectivity index (χ1n) is 5.63. The number of hydrogen-bond donors (Lipinski definition) is 1. The molecule has 0 saturated carbocycles. The molecule has 0 radical (unpaired) electrons. The van der Waals surface area contributed by atoms with Crippen molar-refractivity contribution in [2.75, 3.05) is 6.61 Å². The first kappa shape index (κ1) is 15.5. The Hall–Kier alpha value is -1.56. The van der Waals surface area contributed by atoms with Crippen molar-refractivity contribution in [2.45, 2.75) is 26.4 Å². The molecule has 0 aromatic heterocycles. The summed E-state index contributed by atoms with van der Waals surface area (Å²) in [6.45, 7) is 5.34. The molecule has 19 heavy (non-hydrogen) atoms. The van der Waals surface area contributed by atoms with Crippen LogP contribution < -0.4 is 4.74 Å². The Labute approximate surface area is 120 Å². The zero-order valence-corrected chi connectivity index (χ0v) is 12.6. The van der Waals surface area contributed by atoms with Crippen molar-refractivity contribution in [3.05, 3.63) is 28.2 Å². The average Bonchev–Trinajstić information content (AvgIpc) is 2.26. The molecule has 104 valence electrons. The minimum atomic E-state index is -1.02. The molecule has 0 aliphatic heterocycles. The molecule has 0 spiro atoms. The van der Waals surface area contributed by atoms with Crippen LogP contribution in [0.2, 0.25) is 0 Å². The molecule has 6 heteroatoms. The van der Waals surface area contributed by atoms with Gasteiger partial charge in [-0.3, -0.25) is 0 Å². The molecular formula is C13H16BrNO4. The van der Waals surface area contributed by atoms with Crippen LogP contribution in [0.1, 0.15) is 26.3 Å². The second kappa shape index (κ2) is 6.56. The topological polar surface area (TPSA) is 68.1 Å². The summed E-state index contributed by atoms with van der Waals surface area (Å²) in [5.41, 5.74) is 0.483. The third kappa shape index (κ3) is 6.24. The van der Waals surface area contributed by atoms with Gasteiger partial charge in [-0.2, -0.15) is 0 Å². The second-order valence-electron chi connectivity index (χ2n) is 4.81. The van der Waals surface area contributed by atoms with Crippen LogP contribution in [-0.2, 0) is 9.63 Å². The van der Waals surface area contributed by atoms with Gasteiger partial charge >= 0.3 is 5.97 Å². The normalized spacial score (nSPS) is 11.6. The standard InChI is InChI=1S/C13H16BrNO4/c1-13(2,3)19-15-7-9-4-5-11(10(14)6-9)18-8-12(16)17/h4-7H,8H2,1-3H3,(H,16,17)/b15-7+. The van der Waals surface area contributed by atoms with E-state index < -0.39 is 5.97 Å². The number of benzene rings is 1. The Balaban J connectivity index is 2.68. The molecule has 0 heterocycles. The van der Waals surface area contributed by atoms with Crippen LogP contribution in [0.5, 0.6) is 5.75 Å². The second-order valence-corrected chi connectivity index (χ2v) is 5.66. The third-order valence-corrected chi connectivity index (χ3v) is 2.46. The van der Waals surface area contributed by atoms with Gasteiger partial charge in [0.15, 0.2) is 6.61 Å². The smallest absolute Gasteiger partial charge is 0.341 e. The number of nitrogens with zero attached hydrogens (tertiary/aromatic N) is 1. The van der Waals surface area contributed by atoms with Gasteiger partial charge in [0, 0.05) is 0 Å². The summed E-state index contributed by atoms with van der Waals surface area (Å²) >= 11 is 3.31. The maximum absolute atomic E-state index is 10.4. The van der Waals surface area contributed by atoms with Gasteiger partial charge in [0.2, 0.25) is 0 Å². The van der Waals surface area contributed by atoms with Gasteiger partial charge in [0.25, 0.3) is 0 Å². The summed E-state index contributed by atoms with van der Waals surface area (Å²) in [5.74, 6) is -0.549. The van der Waals surface area contributed by atoms with E-state index in [4.69, 9.17) is 14.7 Å². The van der Waals surface area contributed by atoms with Crippen LogP contribution in [0.3, 0.4) is 0 Å². The van der Waals surface area contributed by atoms with Crippen molar-refractivity contribution >= 4 is 28.1 Å². The molecule has 0 unspecified atom stereocenters. The van der Waals surface area contributed by atoms with Gasteiger partial charge in [-0.05, 0) is 60.5 Å². The summed E-state index contributed by atoms with van der Waals surface area (Å²) in [6.07, 6.45) is 1.58. The van der Waals surface area contributed by atoms with Crippen molar-refractivity contribution in [3.8, 4) is 5.75 Å². The van der Waals surface area contributed by atoms with Gasteiger partial charge in [-0.1, -0.05) is 5.16 Å². The monoisotopic (exact) mass is 329 g/mol. The molecule has 1 rings (SSSR count). The Kier molecular flexibility index (Phi) is 5.35. The number of hydrogen-bond acceptors (Lipinski definition) is 4. The number of rotatable bonds is 5. The van der Waals surface area contributed by atoms with Gasteiger partial charge in [0.05, 0.1) is 10.7 Å². The van der Waals surface area contributed by atoms with Crippen molar-refractivity contribution in [3.63, 3.8) is 0 Å². The highest BCUT2D eigenvalue weighted by Gasteiger charge is 2.09. The Morgan fingerprint density at radius 3 is 2.68 bits per heavy atom. The molecule has 0 amide bonds. The maximum Gasteiger partial charge on any atom is 0.341 e. The quantitative estimate of drug-likeness (QED) is 0.665. The van der Waals surface area contributed by atoms with E-state index in [1.165, 1.54) is 0 Å². The van der Waals surface area contributed by atoms with Crippen molar-refractivity contribution in [2.24, 2.45) is 5.16 Å². The predicted octanol–water partition coefficient (Wildman–Crippen LogP) is 3.06. The molecular weight excluding hydrogens is 314 g/mol. The molecule has 0 aliphatic carbocycles. The highest BCUT2D eigenvalue weighted by molar-refractivity contribution is 9.10. The van der Waals surface area contributed by atoms with E-state index in [2.05, 4.69) is 21.1 Å². The highest BCUT2D eigenvalue weighted by atomic mass is 79.9. The number of ether oxygens (including phenoxy) is 1. The van der Waals surface area contributed by atoms with Gasteiger partial charge in [-0.25, -0.2) is 4.79 Å². The van der Waals surface area contributed by atoms with Gasteiger partial charge in [0.1, 0.15) is 11.4 Å². The van der Waals surface area contributed by atoms with Gasteiger partial charge in [-0.15, -0.1) is 0 Å². The SMILES string of the molecule is CC(C)(C)O/N=C/c1ccc(OCC(=O)O)c(Br)c1. The lowest BCUT2D eigenvalue weighted by Gasteiger charge is -2.14. The van der Waals surface area contributed by atoms with E-state index in [0.29, 0.717) is 10.2 Å². The lowest BCUT2D eigenvalue weighted by molar-refractivity contribution is -0.139. The van der Waals surface area contributed by atoms with Crippen LogP contribution in [0.25, 0.3) is 0 Å². The number of halogens is 1. The van der Waals surface area contributed by atoms with Crippen molar-refractivity contribution in [1.82, 2.24) is 0 Å². The maximum atomic E-state index is 10.4. The average molecular weight is 330 g/mol. The molecule has 5 nitrogen and oxygen atoms in total. The minimum absolute atomic E-state index is 0.335. The van der Waals surface area contributed by atoms with Crippen molar-refractivity contribution in [1.29, 1.82) is 0 Å². The number of carboxylic acids is 1. The zero-order chi connectivity index (χ0) is 14.5. The molecule has 0 aliphatic rings. The first-order chi connectivity index (χ1) is 8.78. The molecule has 0 atom stereocenters. The molecule has 0 fully saturated rings. The molecule has 0 saturated heterocycles. The van der Waals surface area contributed by atoms with Crippen LogP contribution >= 0.6 is 15.9 Å². The van der Waals surface area contributed by atoms with E-state index in [-0.39, 0.29) is 12.2 Å². The Morgan fingerprint density at radius 1 is 1.47 bits per heavy atom. The van der Waals surface area contributed by atoms with E-state index in [1.807, 2.05) is 20.8 Å². The Bertz CT molecular complexity index is 480. The number of oxime groups is 1. The van der Waals surface area contributed by atoms with E-state index in [1.54, 1.807) is 24.4 Å². The van der Waals surface area contributed by atoms with Crippen LogP contribution in [0, 0.1) is 0 Å². The predicted molar refractivity (Wildman–Crippen MR) is 75.7 cm³/mol. The van der Waals surface area contributed by atoms with Crippen molar-refractivity contribution < 1.29 is 19.5 Å². The van der Waals surface area contributed by atoms with E-state index in [9.17, 15) is 4.79 Å². The van der Waals surface area contributed by atoms with Crippen LogP contribution in [0.4, 0.5) is 0 Å². The fourth-order valence-electron chi connectivity index (χ4n) is 1.10. The largest absolute Gasteiger partial charge is 0.481 e. The summed E-state index contributed by atoms with van der Waals surface area (Å²) < 4.78 is 5.75. The first-order valence-corrected chi connectivity index (χ1v) is 6.43. The fraction of sp³-hybridized carbons (Fsp3) is 0.385. The molecule has 1 N–H and O–H groups in total. The fourth-order valence-corrected chi connectivity index (χ4v) is 1.61. The summed E-state index contributed by atoms with van der Waals surface area (Å²) in [5, 5.41) is 12.4. The van der Waals surface area contributed by atoms with E-state index >= 15 is 0 Å². The lowest BCUT2D eigenvalue weighted by Crippen LogP contribution is -2.15.